The van der Waals surface area contributed by atoms with E-state index in [0.717, 1.165) is 22.9 Å². The zero-order chi connectivity index (χ0) is 31.3. The van der Waals surface area contributed by atoms with Gasteiger partial charge in [-0.05, 0) is 47.9 Å². The van der Waals surface area contributed by atoms with Crippen LogP contribution in [0.25, 0.3) is 6.08 Å². The fraction of sp³-hybridized carbons (Fsp3) is 0.114. The molecule has 9 heteroatoms. The highest BCUT2D eigenvalue weighted by atomic mass is 32.2. The lowest BCUT2D eigenvalue weighted by atomic mass is 9.99. The van der Waals surface area contributed by atoms with E-state index >= 15 is 0 Å². The average Bonchev–Trinajstić information content (AvgIpc) is 3.06. The number of thioether (sulfide) groups is 1. The van der Waals surface area contributed by atoms with Crippen LogP contribution in [-0.2, 0) is 14.4 Å². The largest absolute Gasteiger partial charge is 0.479 e. The number of hydrogen-bond acceptors (Lipinski definition) is 6. The van der Waals surface area contributed by atoms with E-state index < -0.39 is 11.8 Å². The molecule has 0 saturated heterocycles. The number of carbonyl (C=O) groups is 3. The molecule has 0 saturated carbocycles. The van der Waals surface area contributed by atoms with E-state index in [4.69, 9.17) is 10.00 Å². The molecule has 0 spiro atoms. The summed E-state index contributed by atoms with van der Waals surface area (Å²) in [6.07, 6.45) is 8.08. The zero-order valence-electron chi connectivity index (χ0n) is 24.1. The number of aliphatic imine (C=N–C) groups is 1. The number of amidine groups is 1. The first kappa shape index (κ1) is 31.5. The van der Waals surface area contributed by atoms with E-state index in [-0.39, 0.29) is 35.0 Å². The minimum atomic E-state index is -0.714. The Morgan fingerprint density at radius 1 is 1.05 bits per heavy atom. The van der Waals surface area contributed by atoms with Gasteiger partial charge in [-0.15, -0.1) is 0 Å². The number of nitrogens with zero attached hydrogens (tertiary/aromatic N) is 3. The van der Waals surface area contributed by atoms with Crippen molar-refractivity contribution < 1.29 is 19.1 Å². The van der Waals surface area contributed by atoms with Crippen LogP contribution in [0.3, 0.4) is 0 Å². The summed E-state index contributed by atoms with van der Waals surface area (Å²) in [7, 11) is 0. The molecule has 3 aromatic carbocycles. The summed E-state index contributed by atoms with van der Waals surface area (Å²) in [6.45, 7) is 5.36. The number of allylic oxidation sites excluding steroid dienone is 4. The van der Waals surface area contributed by atoms with Crippen LogP contribution in [-0.4, -0.2) is 40.1 Å². The minimum Gasteiger partial charge on any atom is -0.479 e. The van der Waals surface area contributed by atoms with Gasteiger partial charge in [0.2, 0.25) is 5.91 Å². The highest BCUT2D eigenvalue weighted by molar-refractivity contribution is 8.14. The number of ether oxygens (including phenoxy) is 1. The van der Waals surface area contributed by atoms with Gasteiger partial charge in [0, 0.05) is 5.70 Å². The van der Waals surface area contributed by atoms with Gasteiger partial charge in [-0.25, -0.2) is 0 Å². The lowest BCUT2D eigenvalue weighted by Crippen LogP contribution is -2.42. The summed E-state index contributed by atoms with van der Waals surface area (Å²) in [5, 5.41) is 11.9. The molecule has 0 atom stereocenters. The van der Waals surface area contributed by atoms with Gasteiger partial charge in [-0.1, -0.05) is 109 Å². The fourth-order valence-corrected chi connectivity index (χ4v) is 5.14. The van der Waals surface area contributed by atoms with Gasteiger partial charge >= 0.3 is 0 Å². The van der Waals surface area contributed by atoms with Crippen LogP contribution in [0.15, 0.2) is 132 Å². The van der Waals surface area contributed by atoms with Gasteiger partial charge in [0.25, 0.3) is 11.8 Å². The quantitative estimate of drug-likeness (QED) is 0.164. The first-order valence-electron chi connectivity index (χ1n) is 13.7. The van der Waals surface area contributed by atoms with Crippen LogP contribution >= 0.6 is 11.8 Å². The van der Waals surface area contributed by atoms with E-state index in [1.54, 1.807) is 55.5 Å². The Labute approximate surface area is 260 Å². The number of rotatable bonds is 11. The van der Waals surface area contributed by atoms with Crippen LogP contribution in [0, 0.1) is 11.3 Å². The topological polar surface area (TPSA) is 112 Å². The van der Waals surface area contributed by atoms with Crippen molar-refractivity contribution >= 4 is 40.7 Å². The lowest BCUT2D eigenvalue weighted by molar-refractivity contribution is -0.126. The Morgan fingerprint density at radius 3 is 2.25 bits per heavy atom. The Morgan fingerprint density at radius 2 is 1.68 bits per heavy atom. The van der Waals surface area contributed by atoms with Gasteiger partial charge in [0.15, 0.2) is 11.8 Å². The predicted octanol–water partition coefficient (Wildman–Crippen LogP) is 5.98. The van der Waals surface area contributed by atoms with E-state index in [2.05, 4.69) is 16.9 Å². The first-order chi connectivity index (χ1) is 21.4. The Bertz CT molecular complexity index is 1630. The molecule has 1 heterocycles. The molecule has 1 aliphatic heterocycles. The normalized spacial score (nSPS) is 14.5. The highest BCUT2D eigenvalue weighted by Gasteiger charge is 2.35. The van der Waals surface area contributed by atoms with Crippen molar-refractivity contribution in [2.45, 2.75) is 13.0 Å². The second-order valence-electron chi connectivity index (χ2n) is 9.33. The standard InChI is InChI=1S/C35H30N4O4S/c1-3-5-16-28(4-2)39-34(42)30(23-25-17-19-29(20-18-25)43-22-21-36)33(41)38-35(39)44-24-31(40)37-32(26-12-8-6-9-13-26)27-14-10-7-11-15-27/h3-20,23,32H,1,22,24H2,2H3,(H,37,40)/b16-5-,28-4+,30-23+. The van der Waals surface area contributed by atoms with Crippen molar-refractivity contribution in [2.75, 3.05) is 12.4 Å². The molecule has 0 aliphatic carbocycles. The van der Waals surface area contributed by atoms with E-state index in [9.17, 15) is 14.4 Å². The van der Waals surface area contributed by atoms with Crippen molar-refractivity contribution in [3.63, 3.8) is 0 Å². The molecule has 3 amide bonds. The van der Waals surface area contributed by atoms with Crippen molar-refractivity contribution in [3.05, 3.63) is 144 Å². The predicted molar refractivity (Wildman–Crippen MR) is 173 cm³/mol. The third-order valence-electron chi connectivity index (χ3n) is 6.41. The highest BCUT2D eigenvalue weighted by Crippen LogP contribution is 2.27. The van der Waals surface area contributed by atoms with Gasteiger partial charge < -0.3 is 10.1 Å². The molecule has 1 aliphatic rings. The summed E-state index contributed by atoms with van der Waals surface area (Å²) in [4.78, 5) is 45.8. The maximum absolute atomic E-state index is 13.8. The summed E-state index contributed by atoms with van der Waals surface area (Å²) in [5.74, 6) is -1.19. The second kappa shape index (κ2) is 15.7. The van der Waals surface area contributed by atoms with Crippen LogP contribution in [0.1, 0.15) is 29.7 Å². The lowest BCUT2D eigenvalue weighted by Gasteiger charge is -2.28. The van der Waals surface area contributed by atoms with Crippen molar-refractivity contribution in [3.8, 4) is 11.8 Å². The summed E-state index contributed by atoms with van der Waals surface area (Å²) < 4.78 is 5.27. The van der Waals surface area contributed by atoms with Gasteiger partial charge in [-0.2, -0.15) is 10.3 Å². The van der Waals surface area contributed by atoms with E-state index in [1.165, 1.54) is 11.0 Å². The van der Waals surface area contributed by atoms with Gasteiger partial charge in [-0.3, -0.25) is 19.3 Å². The second-order valence-corrected chi connectivity index (χ2v) is 10.3. The van der Waals surface area contributed by atoms with Gasteiger partial charge in [0.05, 0.1) is 11.8 Å². The molecule has 0 bridgehead atoms. The molecule has 4 rings (SSSR count). The number of amides is 3. The molecule has 0 unspecified atom stereocenters. The molecule has 8 nitrogen and oxygen atoms in total. The number of benzene rings is 3. The Hall–Kier alpha value is -5.46. The maximum atomic E-state index is 13.8. The summed E-state index contributed by atoms with van der Waals surface area (Å²) >= 11 is 1.00. The maximum Gasteiger partial charge on any atom is 0.285 e. The van der Waals surface area contributed by atoms with Crippen molar-refractivity contribution in [1.29, 1.82) is 5.26 Å². The zero-order valence-corrected chi connectivity index (χ0v) is 24.9. The van der Waals surface area contributed by atoms with Crippen LogP contribution in [0.5, 0.6) is 5.75 Å². The van der Waals surface area contributed by atoms with Crippen molar-refractivity contribution in [1.82, 2.24) is 10.2 Å². The SMILES string of the molecule is C=C/C=C\C(=C/C)N1C(=O)/C(=C/c2ccc(OCC#N)cc2)C(=O)N=C1SCC(=O)NC(c1ccccc1)c1ccccc1. The molecular weight excluding hydrogens is 572 g/mol. The summed E-state index contributed by atoms with van der Waals surface area (Å²) in [5.41, 5.74) is 2.75. The smallest absolute Gasteiger partial charge is 0.285 e. The Kier molecular flexibility index (Phi) is 11.2. The first-order valence-corrected chi connectivity index (χ1v) is 14.7. The van der Waals surface area contributed by atoms with Crippen molar-refractivity contribution in [2.24, 2.45) is 4.99 Å². The van der Waals surface area contributed by atoms with Crippen LogP contribution in [0.4, 0.5) is 0 Å². The molecule has 44 heavy (non-hydrogen) atoms. The molecule has 1 N–H and O–H groups in total. The number of nitrogens with one attached hydrogen (secondary N) is 1. The third-order valence-corrected chi connectivity index (χ3v) is 7.35. The molecular formula is C35H30N4O4S. The number of nitriles is 1. The third kappa shape index (κ3) is 8.09. The van der Waals surface area contributed by atoms with Crippen LogP contribution < -0.4 is 10.1 Å². The molecule has 3 aromatic rings. The van der Waals surface area contributed by atoms with Gasteiger partial charge in [0.1, 0.15) is 17.4 Å². The molecule has 0 fully saturated rings. The minimum absolute atomic E-state index is 0.0859. The van der Waals surface area contributed by atoms with Crippen LogP contribution in [0.2, 0.25) is 0 Å². The summed E-state index contributed by atoms with van der Waals surface area (Å²) in [6, 6.07) is 27.4. The Balaban J connectivity index is 1.59. The average molecular weight is 603 g/mol. The fourth-order valence-electron chi connectivity index (χ4n) is 4.34. The molecule has 0 aromatic heterocycles. The van der Waals surface area contributed by atoms with E-state index in [0.29, 0.717) is 17.0 Å². The number of hydrogen-bond donors (Lipinski definition) is 1. The molecule has 220 valence electrons. The monoisotopic (exact) mass is 602 g/mol. The number of carbonyl (C=O) groups excluding carboxylic acids is 3. The van der Waals surface area contributed by atoms with E-state index in [1.807, 2.05) is 66.7 Å². The molecule has 0 radical (unpaired) electrons.